The summed E-state index contributed by atoms with van der Waals surface area (Å²) in [5.74, 6) is -0.102. The first-order chi connectivity index (χ1) is 6.74. The van der Waals surface area contributed by atoms with Gasteiger partial charge in [-0.05, 0) is 18.1 Å². The van der Waals surface area contributed by atoms with Crippen molar-refractivity contribution in [1.82, 2.24) is 5.32 Å². The van der Waals surface area contributed by atoms with Crippen molar-refractivity contribution >= 4 is 33.4 Å². The molecule has 0 aromatic heterocycles. The van der Waals surface area contributed by atoms with E-state index in [9.17, 15) is 4.79 Å². The van der Waals surface area contributed by atoms with Gasteiger partial charge in [0.2, 0.25) is 5.91 Å². The highest BCUT2D eigenvalue weighted by molar-refractivity contribution is 9.10. The normalized spacial score (nSPS) is 9.86. The first kappa shape index (κ1) is 11.5. The Morgan fingerprint density at radius 3 is 2.79 bits per heavy atom. The Labute approximate surface area is 96.8 Å². The van der Waals surface area contributed by atoms with Gasteiger partial charge in [0.1, 0.15) is 5.88 Å². The zero-order valence-electron chi connectivity index (χ0n) is 7.59. The van der Waals surface area contributed by atoms with Crippen LogP contribution in [0.15, 0.2) is 28.7 Å². The third kappa shape index (κ3) is 3.68. The number of nitrogens with one attached hydrogen (secondary N) is 1. The molecule has 0 spiro atoms. The number of amides is 1. The molecule has 1 amide bonds. The van der Waals surface area contributed by atoms with Crippen molar-refractivity contribution in [1.29, 1.82) is 0 Å². The highest BCUT2D eigenvalue weighted by Crippen LogP contribution is 2.15. The monoisotopic (exact) mass is 275 g/mol. The molecule has 76 valence electrons. The van der Waals surface area contributed by atoms with Crippen molar-refractivity contribution in [3.8, 4) is 0 Å². The summed E-state index contributed by atoms with van der Waals surface area (Å²) in [6.45, 7) is 0.619. The number of halogens is 2. The van der Waals surface area contributed by atoms with Gasteiger partial charge in [-0.15, -0.1) is 11.6 Å². The van der Waals surface area contributed by atoms with E-state index in [1.54, 1.807) is 0 Å². The van der Waals surface area contributed by atoms with E-state index in [1.807, 2.05) is 24.3 Å². The van der Waals surface area contributed by atoms with Gasteiger partial charge in [-0.3, -0.25) is 4.79 Å². The maximum absolute atomic E-state index is 10.8. The predicted octanol–water partition coefficient (Wildman–Crippen LogP) is 2.35. The molecule has 0 fully saturated rings. The van der Waals surface area contributed by atoms with Crippen LogP contribution in [0.2, 0.25) is 0 Å². The Morgan fingerprint density at radius 1 is 1.43 bits per heavy atom. The second-order valence-electron chi connectivity index (χ2n) is 2.82. The fourth-order valence-electron chi connectivity index (χ4n) is 1.08. The molecule has 0 unspecified atom stereocenters. The van der Waals surface area contributed by atoms with E-state index in [4.69, 9.17) is 11.6 Å². The number of carbonyl (C=O) groups excluding carboxylic acids is 1. The lowest BCUT2D eigenvalue weighted by molar-refractivity contribution is -0.118. The van der Waals surface area contributed by atoms with Crippen molar-refractivity contribution in [3.05, 3.63) is 34.3 Å². The van der Waals surface area contributed by atoms with Crippen LogP contribution in [0.5, 0.6) is 0 Å². The maximum Gasteiger partial charge on any atom is 0.234 e. The molecule has 2 nitrogen and oxygen atoms in total. The van der Waals surface area contributed by atoms with Crippen LogP contribution in [0.25, 0.3) is 0 Å². The van der Waals surface area contributed by atoms with Crippen LogP contribution in [0, 0.1) is 0 Å². The van der Waals surface area contributed by atoms with Crippen LogP contribution in [-0.4, -0.2) is 18.3 Å². The van der Waals surface area contributed by atoms with Gasteiger partial charge in [0.05, 0.1) is 0 Å². The molecule has 0 bridgehead atoms. The van der Waals surface area contributed by atoms with Gasteiger partial charge in [0.25, 0.3) is 0 Å². The first-order valence-electron chi connectivity index (χ1n) is 4.30. The fraction of sp³-hybridized carbons (Fsp3) is 0.300. The highest BCUT2D eigenvalue weighted by Gasteiger charge is 2.00. The lowest BCUT2D eigenvalue weighted by Crippen LogP contribution is -2.26. The lowest BCUT2D eigenvalue weighted by Gasteiger charge is -2.04. The molecule has 0 atom stereocenters. The zero-order valence-corrected chi connectivity index (χ0v) is 9.94. The highest BCUT2D eigenvalue weighted by atomic mass is 79.9. The molecule has 0 saturated carbocycles. The molecule has 0 aliphatic heterocycles. The summed E-state index contributed by atoms with van der Waals surface area (Å²) in [5.41, 5.74) is 1.18. The van der Waals surface area contributed by atoms with Crippen molar-refractivity contribution in [3.63, 3.8) is 0 Å². The Bertz CT molecular complexity index is 317. The van der Waals surface area contributed by atoms with E-state index in [0.717, 1.165) is 10.9 Å². The third-order valence-electron chi connectivity index (χ3n) is 1.80. The Hall–Kier alpha value is -0.540. The largest absolute Gasteiger partial charge is 0.355 e. The number of hydrogen-bond donors (Lipinski definition) is 1. The van der Waals surface area contributed by atoms with Crippen LogP contribution in [0.4, 0.5) is 0 Å². The number of alkyl halides is 1. The van der Waals surface area contributed by atoms with Crippen LogP contribution in [0.3, 0.4) is 0 Å². The Balaban J connectivity index is 2.39. The molecule has 1 aromatic carbocycles. The minimum absolute atomic E-state index is 0.0238. The summed E-state index contributed by atoms with van der Waals surface area (Å²) >= 11 is 8.79. The number of benzene rings is 1. The third-order valence-corrected chi connectivity index (χ3v) is 2.81. The summed E-state index contributed by atoms with van der Waals surface area (Å²) in [6, 6.07) is 7.95. The summed E-state index contributed by atoms with van der Waals surface area (Å²) in [7, 11) is 0. The van der Waals surface area contributed by atoms with Crippen LogP contribution in [0.1, 0.15) is 5.56 Å². The molecule has 0 aliphatic rings. The van der Waals surface area contributed by atoms with Crippen LogP contribution < -0.4 is 5.32 Å². The van der Waals surface area contributed by atoms with Gasteiger partial charge in [0, 0.05) is 11.0 Å². The van der Waals surface area contributed by atoms with E-state index >= 15 is 0 Å². The summed E-state index contributed by atoms with van der Waals surface area (Å²) < 4.78 is 1.07. The molecule has 14 heavy (non-hydrogen) atoms. The molecule has 0 heterocycles. The van der Waals surface area contributed by atoms with Gasteiger partial charge in [0.15, 0.2) is 0 Å². The number of carbonyl (C=O) groups is 1. The van der Waals surface area contributed by atoms with Crippen molar-refractivity contribution < 1.29 is 4.79 Å². The minimum Gasteiger partial charge on any atom is -0.355 e. The van der Waals surface area contributed by atoms with Crippen LogP contribution >= 0.6 is 27.5 Å². The molecule has 1 aromatic rings. The van der Waals surface area contributed by atoms with Crippen molar-refractivity contribution in [2.75, 3.05) is 12.4 Å². The van der Waals surface area contributed by atoms with Gasteiger partial charge in [-0.2, -0.15) is 0 Å². The summed E-state index contributed by atoms with van der Waals surface area (Å²) in [4.78, 5) is 10.8. The van der Waals surface area contributed by atoms with E-state index in [0.29, 0.717) is 6.54 Å². The maximum atomic E-state index is 10.8. The molecule has 1 N–H and O–H groups in total. The van der Waals surface area contributed by atoms with Gasteiger partial charge < -0.3 is 5.32 Å². The predicted molar refractivity (Wildman–Crippen MR) is 61.6 cm³/mol. The topological polar surface area (TPSA) is 29.1 Å². The molecule has 1 rings (SSSR count). The first-order valence-corrected chi connectivity index (χ1v) is 5.63. The minimum atomic E-state index is -0.126. The van der Waals surface area contributed by atoms with E-state index in [2.05, 4.69) is 21.2 Å². The average molecular weight is 277 g/mol. The summed E-state index contributed by atoms with van der Waals surface area (Å²) in [5, 5.41) is 2.72. The van der Waals surface area contributed by atoms with Crippen molar-refractivity contribution in [2.24, 2.45) is 0 Å². The molecule has 0 radical (unpaired) electrons. The standard InChI is InChI=1S/C10H11BrClNO/c11-9-4-2-1-3-8(9)5-6-13-10(14)7-12/h1-4H,5-7H2,(H,13,14). The zero-order chi connectivity index (χ0) is 10.4. The van der Waals surface area contributed by atoms with Gasteiger partial charge in [-0.1, -0.05) is 34.1 Å². The van der Waals surface area contributed by atoms with E-state index < -0.39 is 0 Å². The second-order valence-corrected chi connectivity index (χ2v) is 3.95. The van der Waals surface area contributed by atoms with Crippen LogP contribution in [-0.2, 0) is 11.2 Å². The summed E-state index contributed by atoms with van der Waals surface area (Å²) in [6.07, 6.45) is 0.810. The molecule has 0 aliphatic carbocycles. The van der Waals surface area contributed by atoms with Gasteiger partial charge in [-0.25, -0.2) is 0 Å². The SMILES string of the molecule is O=C(CCl)NCCc1ccccc1Br. The lowest BCUT2D eigenvalue weighted by atomic mass is 10.1. The Kier molecular flexibility index (Phi) is 4.98. The molecule has 0 saturated heterocycles. The van der Waals surface area contributed by atoms with Gasteiger partial charge >= 0.3 is 0 Å². The quantitative estimate of drug-likeness (QED) is 0.841. The number of rotatable bonds is 4. The fourth-order valence-corrected chi connectivity index (χ4v) is 1.66. The molecular formula is C10H11BrClNO. The number of hydrogen-bond acceptors (Lipinski definition) is 1. The van der Waals surface area contributed by atoms with Crippen molar-refractivity contribution in [2.45, 2.75) is 6.42 Å². The molecule has 4 heteroatoms. The second kappa shape index (κ2) is 6.04. The Morgan fingerprint density at radius 2 is 2.14 bits per heavy atom. The van der Waals surface area contributed by atoms with E-state index in [1.165, 1.54) is 5.56 Å². The smallest absolute Gasteiger partial charge is 0.234 e. The molecular weight excluding hydrogens is 265 g/mol. The van der Waals surface area contributed by atoms with E-state index in [-0.39, 0.29) is 11.8 Å². The average Bonchev–Trinajstić information content (AvgIpc) is 2.20.